The summed E-state index contributed by atoms with van der Waals surface area (Å²) < 4.78 is 23.3. The fraction of sp³-hybridized carbons (Fsp3) is 0.750. The van der Waals surface area contributed by atoms with Crippen LogP contribution < -0.4 is 0 Å². The van der Waals surface area contributed by atoms with Gasteiger partial charge in [0.2, 0.25) is 0 Å². The molecule has 1 atom stereocenters. The number of rotatable bonds is 10. The van der Waals surface area contributed by atoms with E-state index in [1.807, 2.05) is 26.8 Å². The number of unbranched alkanes of at least 4 members (excludes halogenated alkanes) is 2. The van der Waals surface area contributed by atoms with Crippen molar-refractivity contribution in [2.24, 2.45) is 0 Å². The molecule has 0 aliphatic carbocycles. The minimum atomic E-state index is -0.541. The SMILES string of the molecule is CC#CCCC=C(C)C(O)CC#CCCCC1(CCC2(C)OCCO2)OCCO1. The highest BCUT2D eigenvalue weighted by molar-refractivity contribution is 5.11. The Bertz CT molecular complexity index is 634. The highest BCUT2D eigenvalue weighted by atomic mass is 16.7. The molecule has 2 rings (SSSR count). The third-order valence-corrected chi connectivity index (χ3v) is 5.39. The summed E-state index contributed by atoms with van der Waals surface area (Å²) in [5.74, 6) is 11.1. The lowest BCUT2D eigenvalue weighted by atomic mass is 10.00. The van der Waals surface area contributed by atoms with Crippen LogP contribution in [0.1, 0.15) is 72.1 Å². The van der Waals surface area contributed by atoms with E-state index in [2.05, 4.69) is 23.7 Å². The molecule has 2 aliphatic rings. The molecule has 2 saturated heterocycles. The van der Waals surface area contributed by atoms with Gasteiger partial charge in [0.25, 0.3) is 0 Å². The van der Waals surface area contributed by atoms with E-state index in [9.17, 15) is 5.11 Å². The number of aliphatic hydroxyl groups excluding tert-OH is 1. The van der Waals surface area contributed by atoms with Gasteiger partial charge in [0, 0.05) is 38.5 Å². The highest BCUT2D eigenvalue weighted by Crippen LogP contribution is 2.35. The quantitative estimate of drug-likeness (QED) is 0.339. The molecule has 5 nitrogen and oxygen atoms in total. The molecular formula is C24H36O5. The maximum Gasteiger partial charge on any atom is 0.168 e. The molecule has 1 unspecified atom stereocenters. The number of hydrogen-bond donors (Lipinski definition) is 1. The van der Waals surface area contributed by atoms with Gasteiger partial charge in [0.05, 0.1) is 32.5 Å². The lowest BCUT2D eigenvalue weighted by Gasteiger charge is -2.31. The van der Waals surface area contributed by atoms with Crippen LogP contribution >= 0.6 is 0 Å². The summed E-state index contributed by atoms with van der Waals surface area (Å²) in [5.41, 5.74) is 0.966. The number of aliphatic hydroxyl groups is 1. The second-order valence-corrected chi connectivity index (χ2v) is 7.78. The molecule has 162 valence electrons. The minimum Gasteiger partial charge on any atom is -0.388 e. The second-order valence-electron chi connectivity index (χ2n) is 7.78. The Hall–Kier alpha value is -1.34. The highest BCUT2D eigenvalue weighted by Gasteiger charge is 2.40. The second kappa shape index (κ2) is 12.4. The summed E-state index contributed by atoms with van der Waals surface area (Å²) in [4.78, 5) is 0. The van der Waals surface area contributed by atoms with Crippen molar-refractivity contribution in [1.29, 1.82) is 0 Å². The number of allylic oxidation sites excluding steroid dienone is 1. The molecule has 0 aromatic carbocycles. The first-order valence-electron chi connectivity index (χ1n) is 10.7. The molecule has 0 saturated carbocycles. The molecule has 1 N–H and O–H groups in total. The maximum atomic E-state index is 10.2. The molecule has 0 radical (unpaired) electrons. The zero-order valence-corrected chi connectivity index (χ0v) is 18.2. The van der Waals surface area contributed by atoms with Crippen molar-refractivity contribution in [3.8, 4) is 23.7 Å². The Morgan fingerprint density at radius 1 is 0.966 bits per heavy atom. The van der Waals surface area contributed by atoms with Gasteiger partial charge in [0.15, 0.2) is 11.6 Å². The largest absolute Gasteiger partial charge is 0.388 e. The predicted octanol–water partition coefficient (Wildman–Crippen LogP) is 3.95. The van der Waals surface area contributed by atoms with Crippen molar-refractivity contribution in [2.75, 3.05) is 26.4 Å². The Labute approximate surface area is 176 Å². The predicted molar refractivity (Wildman–Crippen MR) is 113 cm³/mol. The van der Waals surface area contributed by atoms with Crippen LogP contribution in [0.2, 0.25) is 0 Å². The summed E-state index contributed by atoms with van der Waals surface area (Å²) >= 11 is 0. The molecule has 0 aromatic heterocycles. The smallest absolute Gasteiger partial charge is 0.168 e. The van der Waals surface area contributed by atoms with Crippen molar-refractivity contribution in [3.63, 3.8) is 0 Å². The first-order valence-corrected chi connectivity index (χ1v) is 10.7. The van der Waals surface area contributed by atoms with Gasteiger partial charge in [-0.3, -0.25) is 0 Å². The fourth-order valence-corrected chi connectivity index (χ4v) is 3.53. The van der Waals surface area contributed by atoms with Crippen molar-refractivity contribution in [3.05, 3.63) is 11.6 Å². The number of ether oxygens (including phenoxy) is 4. The average molecular weight is 405 g/mol. The Balaban J connectivity index is 1.69. The third-order valence-electron chi connectivity index (χ3n) is 5.39. The standard InChI is InChI=1S/C24H36O5/c1-4-5-6-9-12-21(2)22(25)13-10-7-8-11-14-24(28-19-20-29-24)16-15-23(3)26-17-18-27-23/h12,22,25H,6,8-9,11,13-20H2,1-3H3. The normalized spacial score (nSPS) is 21.2. The summed E-state index contributed by atoms with van der Waals surface area (Å²) in [6.07, 6.45) is 7.67. The molecule has 5 heteroatoms. The molecule has 0 bridgehead atoms. The first-order chi connectivity index (χ1) is 14.0. The van der Waals surface area contributed by atoms with E-state index in [-0.39, 0.29) is 0 Å². The molecule has 2 heterocycles. The van der Waals surface area contributed by atoms with E-state index < -0.39 is 17.7 Å². The lowest BCUT2D eigenvalue weighted by Crippen LogP contribution is -2.35. The molecule has 0 aromatic rings. The van der Waals surface area contributed by atoms with Crippen LogP contribution in [0.25, 0.3) is 0 Å². The third kappa shape index (κ3) is 8.51. The van der Waals surface area contributed by atoms with Gasteiger partial charge in [-0.1, -0.05) is 6.08 Å². The maximum absolute atomic E-state index is 10.2. The number of hydrogen-bond acceptors (Lipinski definition) is 5. The Kier molecular flexibility index (Phi) is 10.2. The minimum absolute atomic E-state index is 0.465. The summed E-state index contributed by atoms with van der Waals surface area (Å²) in [6, 6.07) is 0. The van der Waals surface area contributed by atoms with Crippen LogP contribution in [0.4, 0.5) is 0 Å². The topological polar surface area (TPSA) is 57.2 Å². The van der Waals surface area contributed by atoms with E-state index in [4.69, 9.17) is 18.9 Å². The molecular weight excluding hydrogens is 368 g/mol. The van der Waals surface area contributed by atoms with E-state index in [1.54, 1.807) is 0 Å². The van der Waals surface area contributed by atoms with Crippen LogP contribution in [0.5, 0.6) is 0 Å². The van der Waals surface area contributed by atoms with E-state index in [1.165, 1.54) is 0 Å². The van der Waals surface area contributed by atoms with E-state index >= 15 is 0 Å². The Morgan fingerprint density at radius 2 is 1.66 bits per heavy atom. The van der Waals surface area contributed by atoms with Gasteiger partial charge >= 0.3 is 0 Å². The van der Waals surface area contributed by atoms with Crippen molar-refractivity contribution < 1.29 is 24.1 Å². The van der Waals surface area contributed by atoms with Gasteiger partial charge in [-0.05, 0) is 39.2 Å². The summed E-state index contributed by atoms with van der Waals surface area (Å²) in [5, 5.41) is 10.2. The van der Waals surface area contributed by atoms with Crippen LogP contribution in [-0.2, 0) is 18.9 Å². The van der Waals surface area contributed by atoms with Crippen LogP contribution in [-0.4, -0.2) is 49.2 Å². The van der Waals surface area contributed by atoms with Crippen LogP contribution in [0, 0.1) is 23.7 Å². The van der Waals surface area contributed by atoms with Gasteiger partial charge in [-0.15, -0.1) is 23.7 Å². The average Bonchev–Trinajstić information content (AvgIpc) is 3.36. The monoisotopic (exact) mass is 404 g/mol. The lowest BCUT2D eigenvalue weighted by molar-refractivity contribution is -0.200. The van der Waals surface area contributed by atoms with Crippen molar-refractivity contribution in [2.45, 2.75) is 89.8 Å². The molecule has 2 fully saturated rings. The first kappa shape index (κ1) is 23.9. The zero-order valence-electron chi connectivity index (χ0n) is 18.2. The molecule has 0 amide bonds. The van der Waals surface area contributed by atoms with Crippen LogP contribution in [0.3, 0.4) is 0 Å². The van der Waals surface area contributed by atoms with Crippen molar-refractivity contribution in [1.82, 2.24) is 0 Å². The zero-order chi connectivity index (χ0) is 21.0. The van der Waals surface area contributed by atoms with Gasteiger partial charge in [-0.2, -0.15) is 0 Å². The summed E-state index contributed by atoms with van der Waals surface area (Å²) in [6.45, 7) is 8.32. The van der Waals surface area contributed by atoms with Crippen molar-refractivity contribution >= 4 is 0 Å². The van der Waals surface area contributed by atoms with E-state index in [0.29, 0.717) is 32.8 Å². The summed E-state index contributed by atoms with van der Waals surface area (Å²) in [7, 11) is 0. The van der Waals surface area contributed by atoms with Gasteiger partial charge < -0.3 is 24.1 Å². The van der Waals surface area contributed by atoms with E-state index in [0.717, 1.165) is 50.5 Å². The fourth-order valence-electron chi connectivity index (χ4n) is 3.53. The molecule has 0 spiro atoms. The molecule has 2 aliphatic heterocycles. The Morgan fingerprint density at radius 3 is 2.34 bits per heavy atom. The van der Waals surface area contributed by atoms with Gasteiger partial charge in [-0.25, -0.2) is 0 Å². The van der Waals surface area contributed by atoms with Gasteiger partial charge in [0.1, 0.15) is 0 Å². The molecule has 29 heavy (non-hydrogen) atoms. The van der Waals surface area contributed by atoms with Crippen LogP contribution in [0.15, 0.2) is 11.6 Å².